The van der Waals surface area contributed by atoms with Crippen molar-refractivity contribution in [3.8, 4) is 11.5 Å². The summed E-state index contributed by atoms with van der Waals surface area (Å²) >= 11 is 8.56. The molecule has 0 radical (unpaired) electrons. The van der Waals surface area contributed by atoms with Gasteiger partial charge in [-0.3, -0.25) is 19.8 Å². The van der Waals surface area contributed by atoms with E-state index >= 15 is 0 Å². The average Bonchev–Trinajstić information content (AvgIpc) is 2.70. The second-order valence-electron chi connectivity index (χ2n) is 6.39. The van der Waals surface area contributed by atoms with Gasteiger partial charge in [-0.05, 0) is 73.6 Å². The topological polar surface area (TPSA) is 78.9 Å². The van der Waals surface area contributed by atoms with Crippen molar-refractivity contribution in [2.24, 2.45) is 0 Å². The predicted octanol–water partition coefficient (Wildman–Crippen LogP) is 4.11. The van der Waals surface area contributed by atoms with Crippen LogP contribution in [0.1, 0.15) is 18.1 Å². The van der Waals surface area contributed by atoms with E-state index in [-0.39, 0.29) is 22.2 Å². The smallest absolute Gasteiger partial charge is 0.270 e. The molecule has 154 valence electrons. The Morgan fingerprint density at radius 1 is 1.27 bits per heavy atom. The lowest BCUT2D eigenvalue weighted by Crippen LogP contribution is -2.54. The molecule has 1 fully saturated rings. The SMILES string of the molecule is C=CCc1cc(/C=C2\C(=O)NC(=S)N(c3ccc(Br)cc3)C2=O)cc(OCC)c1O. The lowest BCUT2D eigenvalue weighted by Gasteiger charge is -2.29. The Kier molecular flexibility index (Phi) is 6.69. The Hall–Kier alpha value is -2.97. The van der Waals surface area contributed by atoms with Crippen LogP contribution in [0, 0.1) is 0 Å². The Morgan fingerprint density at radius 2 is 1.97 bits per heavy atom. The van der Waals surface area contributed by atoms with Crippen LogP contribution in [0.3, 0.4) is 0 Å². The van der Waals surface area contributed by atoms with E-state index in [1.54, 1.807) is 49.4 Å². The number of hydrogen-bond acceptors (Lipinski definition) is 5. The molecule has 1 heterocycles. The van der Waals surface area contributed by atoms with E-state index in [9.17, 15) is 14.7 Å². The van der Waals surface area contributed by atoms with Crippen LogP contribution in [0.5, 0.6) is 11.5 Å². The minimum absolute atomic E-state index is 0.0102. The van der Waals surface area contributed by atoms with Crippen molar-refractivity contribution in [2.75, 3.05) is 11.5 Å². The highest BCUT2D eigenvalue weighted by atomic mass is 79.9. The molecule has 8 heteroatoms. The van der Waals surface area contributed by atoms with Gasteiger partial charge in [-0.1, -0.05) is 22.0 Å². The number of allylic oxidation sites excluding steroid dienone is 1. The quantitative estimate of drug-likeness (QED) is 0.278. The zero-order valence-electron chi connectivity index (χ0n) is 16.1. The lowest BCUT2D eigenvalue weighted by molar-refractivity contribution is -0.122. The Labute approximate surface area is 188 Å². The van der Waals surface area contributed by atoms with E-state index in [1.807, 2.05) is 0 Å². The summed E-state index contributed by atoms with van der Waals surface area (Å²) in [5.41, 5.74) is 1.57. The molecule has 0 atom stereocenters. The summed E-state index contributed by atoms with van der Waals surface area (Å²) in [6, 6.07) is 10.3. The lowest BCUT2D eigenvalue weighted by atomic mass is 10.0. The highest BCUT2D eigenvalue weighted by Gasteiger charge is 2.34. The van der Waals surface area contributed by atoms with Crippen LogP contribution in [0.25, 0.3) is 6.08 Å². The van der Waals surface area contributed by atoms with Crippen LogP contribution in [0.2, 0.25) is 0 Å². The fourth-order valence-corrected chi connectivity index (χ4v) is 3.54. The summed E-state index contributed by atoms with van der Waals surface area (Å²) in [5, 5.41) is 12.9. The Morgan fingerprint density at radius 3 is 2.60 bits per heavy atom. The number of rotatable bonds is 6. The number of thiocarbonyl (C=S) groups is 1. The third-order valence-corrected chi connectivity index (χ3v) is 5.15. The van der Waals surface area contributed by atoms with Gasteiger partial charge in [0, 0.05) is 10.0 Å². The number of carbonyl (C=O) groups excluding carboxylic acids is 2. The second kappa shape index (κ2) is 9.23. The van der Waals surface area contributed by atoms with Gasteiger partial charge in [0.25, 0.3) is 11.8 Å². The molecule has 0 aromatic heterocycles. The maximum absolute atomic E-state index is 13.1. The summed E-state index contributed by atoms with van der Waals surface area (Å²) in [6.07, 6.45) is 3.51. The monoisotopic (exact) mass is 486 g/mol. The number of aromatic hydroxyl groups is 1. The highest BCUT2D eigenvalue weighted by Crippen LogP contribution is 2.33. The number of anilines is 1. The number of ether oxygens (including phenoxy) is 1. The van der Waals surface area contributed by atoms with Crippen molar-refractivity contribution in [1.82, 2.24) is 5.32 Å². The number of nitrogens with zero attached hydrogens (tertiary/aromatic N) is 1. The molecule has 2 aromatic carbocycles. The van der Waals surface area contributed by atoms with Crippen molar-refractivity contribution in [1.29, 1.82) is 0 Å². The minimum atomic E-state index is -0.588. The van der Waals surface area contributed by atoms with Crippen LogP contribution in [-0.2, 0) is 16.0 Å². The molecule has 2 N–H and O–H groups in total. The van der Waals surface area contributed by atoms with E-state index < -0.39 is 11.8 Å². The molecule has 30 heavy (non-hydrogen) atoms. The average molecular weight is 487 g/mol. The van der Waals surface area contributed by atoms with Gasteiger partial charge >= 0.3 is 0 Å². The molecule has 1 aliphatic heterocycles. The standard InChI is InChI=1S/C22H19BrN2O4S/c1-3-5-14-10-13(12-18(19(14)26)29-4-2)11-17-20(27)24-22(30)25(21(17)28)16-8-6-15(23)7-9-16/h3,6-12,26H,1,4-5H2,2H3,(H,24,27,30)/b17-11+. The third-order valence-electron chi connectivity index (χ3n) is 4.34. The van der Waals surface area contributed by atoms with Crippen molar-refractivity contribution >= 4 is 56.8 Å². The predicted molar refractivity (Wildman–Crippen MR) is 124 cm³/mol. The molecular weight excluding hydrogens is 468 g/mol. The van der Waals surface area contributed by atoms with Gasteiger partial charge in [0.1, 0.15) is 5.57 Å². The van der Waals surface area contributed by atoms with Crippen LogP contribution in [0.15, 0.2) is 59.1 Å². The maximum Gasteiger partial charge on any atom is 0.270 e. The molecule has 0 bridgehead atoms. The van der Waals surface area contributed by atoms with E-state index in [4.69, 9.17) is 17.0 Å². The molecule has 2 aromatic rings. The summed E-state index contributed by atoms with van der Waals surface area (Å²) in [6.45, 7) is 5.84. The molecule has 3 rings (SSSR count). The zero-order chi connectivity index (χ0) is 21.8. The molecule has 2 amide bonds. The van der Waals surface area contributed by atoms with Gasteiger partial charge < -0.3 is 9.84 Å². The molecule has 0 spiro atoms. The molecule has 1 aliphatic rings. The van der Waals surface area contributed by atoms with Crippen molar-refractivity contribution in [2.45, 2.75) is 13.3 Å². The largest absolute Gasteiger partial charge is 0.504 e. The summed E-state index contributed by atoms with van der Waals surface area (Å²) in [5.74, 6) is -0.847. The molecule has 1 saturated heterocycles. The summed E-state index contributed by atoms with van der Waals surface area (Å²) in [7, 11) is 0. The maximum atomic E-state index is 13.1. The van der Waals surface area contributed by atoms with Crippen LogP contribution >= 0.6 is 28.1 Å². The van der Waals surface area contributed by atoms with Gasteiger partial charge in [-0.25, -0.2) is 0 Å². The van der Waals surface area contributed by atoms with E-state index in [0.717, 1.165) is 4.47 Å². The van der Waals surface area contributed by atoms with Crippen molar-refractivity contribution in [3.05, 3.63) is 70.2 Å². The second-order valence-corrected chi connectivity index (χ2v) is 7.69. The molecule has 6 nitrogen and oxygen atoms in total. The van der Waals surface area contributed by atoms with Crippen LogP contribution < -0.4 is 15.0 Å². The minimum Gasteiger partial charge on any atom is -0.504 e. The fraction of sp³-hybridized carbons (Fsp3) is 0.136. The van der Waals surface area contributed by atoms with Gasteiger partial charge in [0.05, 0.1) is 12.3 Å². The first-order valence-electron chi connectivity index (χ1n) is 9.12. The number of carbonyl (C=O) groups is 2. The van der Waals surface area contributed by atoms with Crippen molar-refractivity contribution < 1.29 is 19.4 Å². The number of hydrogen-bond donors (Lipinski definition) is 2. The zero-order valence-corrected chi connectivity index (χ0v) is 18.5. The normalized spacial score (nSPS) is 15.3. The Bertz CT molecular complexity index is 1060. The van der Waals surface area contributed by atoms with Gasteiger partial charge in [0.15, 0.2) is 16.6 Å². The first-order chi connectivity index (χ1) is 14.3. The number of benzene rings is 2. The first-order valence-corrected chi connectivity index (χ1v) is 10.3. The number of nitrogens with one attached hydrogen (secondary N) is 1. The molecular formula is C22H19BrN2O4S. The van der Waals surface area contributed by atoms with Gasteiger partial charge in [-0.15, -0.1) is 6.58 Å². The highest BCUT2D eigenvalue weighted by molar-refractivity contribution is 9.10. The van der Waals surface area contributed by atoms with Crippen LogP contribution in [0.4, 0.5) is 5.69 Å². The van der Waals surface area contributed by atoms with E-state index in [0.29, 0.717) is 29.8 Å². The number of phenols is 1. The molecule has 0 aliphatic carbocycles. The Balaban J connectivity index is 2.05. The molecule has 0 saturated carbocycles. The van der Waals surface area contributed by atoms with Crippen molar-refractivity contribution in [3.63, 3.8) is 0 Å². The van der Waals surface area contributed by atoms with Gasteiger partial charge in [0.2, 0.25) is 0 Å². The number of halogens is 1. The third kappa shape index (κ3) is 4.44. The molecule has 0 unspecified atom stereocenters. The van der Waals surface area contributed by atoms with Gasteiger partial charge in [-0.2, -0.15) is 0 Å². The number of phenolic OH excluding ortho intramolecular Hbond substituents is 1. The van der Waals surface area contributed by atoms with E-state index in [2.05, 4.69) is 27.8 Å². The first kappa shape index (κ1) is 21.7. The van der Waals surface area contributed by atoms with E-state index in [1.165, 1.54) is 11.0 Å². The summed E-state index contributed by atoms with van der Waals surface area (Å²) < 4.78 is 6.34. The van der Waals surface area contributed by atoms with Crippen LogP contribution in [-0.4, -0.2) is 28.6 Å². The fourth-order valence-electron chi connectivity index (χ4n) is 3.00. The summed E-state index contributed by atoms with van der Waals surface area (Å²) in [4.78, 5) is 26.9. The number of amides is 2.